The van der Waals surface area contributed by atoms with E-state index >= 15 is 0 Å². The van der Waals surface area contributed by atoms with Gasteiger partial charge in [0.2, 0.25) is 0 Å². The Morgan fingerprint density at radius 1 is 1.06 bits per heavy atom. The normalized spacial score (nSPS) is 22.9. The average molecular weight is 239 g/mol. The van der Waals surface area contributed by atoms with Gasteiger partial charge < -0.3 is 5.32 Å². The quantitative estimate of drug-likeness (QED) is 0.683. The van der Waals surface area contributed by atoms with Crippen molar-refractivity contribution in [2.24, 2.45) is 17.3 Å². The predicted octanol–water partition coefficient (Wildman–Crippen LogP) is 4.62. The smallest absolute Gasteiger partial charge is 0.0123 e. The van der Waals surface area contributed by atoms with Crippen molar-refractivity contribution in [3.63, 3.8) is 0 Å². The molecule has 0 radical (unpaired) electrons. The van der Waals surface area contributed by atoms with Gasteiger partial charge in [-0.2, -0.15) is 0 Å². The van der Waals surface area contributed by atoms with Gasteiger partial charge in [-0.3, -0.25) is 0 Å². The van der Waals surface area contributed by atoms with Crippen LogP contribution in [0.1, 0.15) is 73.1 Å². The number of nitrogens with one attached hydrogen (secondary N) is 1. The minimum absolute atomic E-state index is 0.571. The summed E-state index contributed by atoms with van der Waals surface area (Å²) in [5, 5.41) is 3.77. The molecule has 0 spiro atoms. The molecule has 2 unspecified atom stereocenters. The van der Waals surface area contributed by atoms with Crippen molar-refractivity contribution >= 4 is 0 Å². The van der Waals surface area contributed by atoms with Crippen molar-refractivity contribution in [3.8, 4) is 0 Å². The summed E-state index contributed by atoms with van der Waals surface area (Å²) in [5.74, 6) is 1.69. The van der Waals surface area contributed by atoms with E-state index in [9.17, 15) is 0 Å². The largest absolute Gasteiger partial charge is 0.314 e. The van der Waals surface area contributed by atoms with Crippen LogP contribution in [-0.2, 0) is 0 Å². The zero-order valence-corrected chi connectivity index (χ0v) is 12.7. The molecule has 17 heavy (non-hydrogen) atoms. The molecule has 1 heteroatoms. The maximum absolute atomic E-state index is 3.77. The van der Waals surface area contributed by atoms with Gasteiger partial charge in [0.25, 0.3) is 0 Å². The van der Waals surface area contributed by atoms with E-state index < -0.39 is 0 Å². The standard InChI is InChI=1S/C16H33N/c1-6-17-15(12-14(4)11-13(2)3)16(5)9-7-8-10-16/h13-15,17H,6-12H2,1-5H3. The minimum Gasteiger partial charge on any atom is -0.314 e. The van der Waals surface area contributed by atoms with Crippen molar-refractivity contribution in [1.82, 2.24) is 5.32 Å². The van der Waals surface area contributed by atoms with Crippen LogP contribution >= 0.6 is 0 Å². The van der Waals surface area contributed by atoms with Crippen molar-refractivity contribution in [1.29, 1.82) is 0 Å². The first-order valence-corrected chi connectivity index (χ1v) is 7.71. The molecule has 0 saturated heterocycles. The van der Waals surface area contributed by atoms with E-state index in [0.717, 1.165) is 24.4 Å². The van der Waals surface area contributed by atoms with Crippen LogP contribution < -0.4 is 5.32 Å². The van der Waals surface area contributed by atoms with Crippen molar-refractivity contribution in [2.75, 3.05) is 6.54 Å². The van der Waals surface area contributed by atoms with E-state index in [2.05, 4.69) is 39.9 Å². The topological polar surface area (TPSA) is 12.0 Å². The van der Waals surface area contributed by atoms with Gasteiger partial charge in [-0.15, -0.1) is 0 Å². The Morgan fingerprint density at radius 3 is 2.12 bits per heavy atom. The maximum Gasteiger partial charge on any atom is 0.0123 e. The van der Waals surface area contributed by atoms with E-state index in [1.165, 1.54) is 38.5 Å². The highest BCUT2D eigenvalue weighted by Crippen LogP contribution is 2.42. The van der Waals surface area contributed by atoms with Gasteiger partial charge in [0.1, 0.15) is 0 Å². The first-order chi connectivity index (χ1) is 7.98. The molecule has 1 aliphatic carbocycles. The lowest BCUT2D eigenvalue weighted by Crippen LogP contribution is -2.43. The van der Waals surface area contributed by atoms with Gasteiger partial charge in [-0.25, -0.2) is 0 Å². The van der Waals surface area contributed by atoms with Crippen molar-refractivity contribution < 1.29 is 0 Å². The lowest BCUT2D eigenvalue weighted by atomic mass is 9.76. The molecule has 1 nitrogen and oxygen atoms in total. The lowest BCUT2D eigenvalue weighted by Gasteiger charge is -2.37. The minimum atomic E-state index is 0.571. The van der Waals surface area contributed by atoms with Crippen LogP contribution in [0.25, 0.3) is 0 Å². The Labute approximate surface area is 109 Å². The molecule has 1 N–H and O–H groups in total. The van der Waals surface area contributed by atoms with Crippen LogP contribution in [-0.4, -0.2) is 12.6 Å². The predicted molar refractivity (Wildman–Crippen MR) is 77.3 cm³/mol. The first-order valence-electron chi connectivity index (χ1n) is 7.71. The Morgan fingerprint density at radius 2 is 1.65 bits per heavy atom. The fourth-order valence-corrected chi connectivity index (χ4v) is 3.70. The van der Waals surface area contributed by atoms with Crippen molar-refractivity contribution in [2.45, 2.75) is 79.2 Å². The molecule has 1 rings (SSSR count). The highest BCUT2D eigenvalue weighted by molar-refractivity contribution is 4.92. The summed E-state index contributed by atoms with van der Waals surface area (Å²) in [4.78, 5) is 0. The summed E-state index contributed by atoms with van der Waals surface area (Å²) in [7, 11) is 0. The Hall–Kier alpha value is -0.0400. The van der Waals surface area contributed by atoms with Crippen LogP contribution in [0.5, 0.6) is 0 Å². The van der Waals surface area contributed by atoms with Gasteiger partial charge in [0.15, 0.2) is 0 Å². The van der Waals surface area contributed by atoms with Gasteiger partial charge in [-0.05, 0) is 49.5 Å². The molecule has 1 fully saturated rings. The van der Waals surface area contributed by atoms with E-state index in [0.29, 0.717) is 5.41 Å². The van der Waals surface area contributed by atoms with Crippen LogP contribution in [0.3, 0.4) is 0 Å². The van der Waals surface area contributed by atoms with Crippen LogP contribution in [0.15, 0.2) is 0 Å². The van der Waals surface area contributed by atoms with Crippen LogP contribution in [0.2, 0.25) is 0 Å². The summed E-state index contributed by atoms with van der Waals surface area (Å²) in [5.41, 5.74) is 0.571. The zero-order chi connectivity index (χ0) is 12.9. The van der Waals surface area contributed by atoms with Gasteiger partial charge in [0.05, 0.1) is 0 Å². The molecule has 1 saturated carbocycles. The highest BCUT2D eigenvalue weighted by Gasteiger charge is 2.36. The monoisotopic (exact) mass is 239 g/mol. The molecule has 0 aromatic heterocycles. The molecule has 0 heterocycles. The van der Waals surface area contributed by atoms with Crippen LogP contribution in [0.4, 0.5) is 0 Å². The molecule has 0 aromatic rings. The van der Waals surface area contributed by atoms with E-state index in [4.69, 9.17) is 0 Å². The third-order valence-corrected chi connectivity index (χ3v) is 4.55. The van der Waals surface area contributed by atoms with Gasteiger partial charge in [-0.1, -0.05) is 47.5 Å². The number of rotatable bonds is 7. The molecule has 102 valence electrons. The zero-order valence-electron chi connectivity index (χ0n) is 12.7. The number of hydrogen-bond acceptors (Lipinski definition) is 1. The molecule has 0 aliphatic heterocycles. The summed E-state index contributed by atoms with van der Waals surface area (Å²) in [6.45, 7) is 13.0. The second-order valence-electron chi connectivity index (χ2n) is 6.94. The van der Waals surface area contributed by atoms with E-state index in [-0.39, 0.29) is 0 Å². The van der Waals surface area contributed by atoms with Gasteiger partial charge >= 0.3 is 0 Å². The third kappa shape index (κ3) is 4.62. The van der Waals surface area contributed by atoms with E-state index in [1.807, 2.05) is 0 Å². The van der Waals surface area contributed by atoms with Crippen LogP contribution in [0, 0.1) is 17.3 Å². The molecule has 1 aliphatic rings. The fourth-order valence-electron chi connectivity index (χ4n) is 3.70. The molecular weight excluding hydrogens is 206 g/mol. The van der Waals surface area contributed by atoms with Crippen molar-refractivity contribution in [3.05, 3.63) is 0 Å². The number of hydrogen-bond donors (Lipinski definition) is 1. The second kappa shape index (κ2) is 6.78. The molecule has 2 atom stereocenters. The SMILES string of the molecule is CCNC(CC(C)CC(C)C)C1(C)CCCC1. The first kappa shape index (κ1) is 15.0. The summed E-state index contributed by atoms with van der Waals surface area (Å²) < 4.78 is 0. The third-order valence-electron chi connectivity index (χ3n) is 4.55. The average Bonchev–Trinajstić information content (AvgIpc) is 2.64. The van der Waals surface area contributed by atoms with Gasteiger partial charge in [0, 0.05) is 6.04 Å². The fraction of sp³-hybridized carbons (Fsp3) is 1.00. The molecule has 0 bridgehead atoms. The Kier molecular flexibility index (Phi) is 5.99. The lowest BCUT2D eigenvalue weighted by molar-refractivity contribution is 0.186. The molecule has 0 amide bonds. The second-order valence-corrected chi connectivity index (χ2v) is 6.94. The molecule has 0 aromatic carbocycles. The highest BCUT2D eigenvalue weighted by atomic mass is 14.9. The maximum atomic E-state index is 3.77. The summed E-state index contributed by atoms with van der Waals surface area (Å²) in [6.07, 6.45) is 8.48. The Balaban J connectivity index is 2.53. The van der Waals surface area contributed by atoms with E-state index in [1.54, 1.807) is 0 Å². The Bertz CT molecular complexity index is 204. The molecular formula is C16H33N. The summed E-state index contributed by atoms with van der Waals surface area (Å²) in [6, 6.07) is 0.740. The summed E-state index contributed by atoms with van der Waals surface area (Å²) >= 11 is 0.